The van der Waals surface area contributed by atoms with Gasteiger partial charge in [-0.25, -0.2) is 4.68 Å². The molecular weight excluding hydrogens is 266 g/mol. The summed E-state index contributed by atoms with van der Waals surface area (Å²) in [7, 11) is 0. The number of nitrogens with two attached hydrogens (primary N) is 1. The molecule has 84 valence electrons. The number of aromatic nitrogens is 2. The van der Waals surface area contributed by atoms with E-state index in [0.717, 1.165) is 32.8 Å². The molecule has 0 amide bonds. The Labute approximate surface area is 103 Å². The van der Waals surface area contributed by atoms with Crippen LogP contribution in [-0.2, 0) is 0 Å². The first-order valence-electron chi connectivity index (χ1n) is 5.09. The zero-order valence-corrected chi connectivity index (χ0v) is 11.2. The third-order valence-electron chi connectivity index (χ3n) is 2.61. The van der Waals surface area contributed by atoms with Crippen LogP contribution in [0, 0.1) is 20.8 Å². The normalized spacial score (nSPS) is 10.8. The van der Waals surface area contributed by atoms with E-state index in [1.54, 1.807) is 0 Å². The third kappa shape index (κ3) is 1.73. The van der Waals surface area contributed by atoms with Crippen molar-refractivity contribution in [3.63, 3.8) is 0 Å². The van der Waals surface area contributed by atoms with E-state index in [9.17, 15) is 0 Å². The molecule has 0 radical (unpaired) electrons. The van der Waals surface area contributed by atoms with Crippen molar-refractivity contribution in [2.45, 2.75) is 20.8 Å². The van der Waals surface area contributed by atoms with Gasteiger partial charge in [-0.2, -0.15) is 5.10 Å². The molecule has 0 bridgehead atoms. The molecule has 2 aromatic rings. The topological polar surface area (TPSA) is 43.8 Å². The van der Waals surface area contributed by atoms with E-state index >= 15 is 0 Å². The first kappa shape index (κ1) is 11.2. The minimum atomic E-state index is 0.748. The lowest BCUT2D eigenvalue weighted by atomic mass is 10.2. The predicted octanol–water partition coefficient (Wildman–Crippen LogP) is 3.14. The molecular formula is C12H14BrN3. The van der Waals surface area contributed by atoms with Crippen molar-refractivity contribution < 1.29 is 0 Å². The van der Waals surface area contributed by atoms with Crippen LogP contribution >= 0.6 is 15.9 Å². The second kappa shape index (κ2) is 3.94. The molecule has 4 heteroatoms. The summed E-state index contributed by atoms with van der Waals surface area (Å²) in [4.78, 5) is 0. The second-order valence-corrected chi connectivity index (χ2v) is 4.75. The highest BCUT2D eigenvalue weighted by atomic mass is 79.9. The summed E-state index contributed by atoms with van der Waals surface area (Å²) in [5, 5.41) is 4.46. The van der Waals surface area contributed by atoms with Gasteiger partial charge in [0.2, 0.25) is 0 Å². The highest BCUT2D eigenvalue weighted by molar-refractivity contribution is 9.10. The van der Waals surface area contributed by atoms with E-state index in [4.69, 9.17) is 5.73 Å². The number of aryl methyl sites for hydroxylation is 2. The number of anilines is 1. The number of halogens is 1. The number of hydrogen-bond donors (Lipinski definition) is 1. The summed E-state index contributed by atoms with van der Waals surface area (Å²) in [5.41, 5.74) is 10.9. The minimum Gasteiger partial charge on any atom is -0.397 e. The first-order valence-corrected chi connectivity index (χ1v) is 5.88. The molecule has 0 unspecified atom stereocenters. The summed E-state index contributed by atoms with van der Waals surface area (Å²) in [6.45, 7) is 6.01. The average Bonchev–Trinajstić information content (AvgIpc) is 2.46. The quantitative estimate of drug-likeness (QED) is 0.815. The molecule has 0 saturated carbocycles. The van der Waals surface area contributed by atoms with Crippen molar-refractivity contribution in [3.8, 4) is 5.69 Å². The Bertz CT molecular complexity index is 543. The van der Waals surface area contributed by atoms with Gasteiger partial charge in [-0.15, -0.1) is 0 Å². The molecule has 1 aromatic heterocycles. The third-order valence-corrected chi connectivity index (χ3v) is 3.76. The molecule has 1 heterocycles. The number of rotatable bonds is 1. The summed E-state index contributed by atoms with van der Waals surface area (Å²) in [5.74, 6) is 0. The number of hydrogen-bond acceptors (Lipinski definition) is 2. The van der Waals surface area contributed by atoms with E-state index in [-0.39, 0.29) is 0 Å². The monoisotopic (exact) mass is 279 g/mol. The Kier molecular flexibility index (Phi) is 2.76. The maximum Gasteiger partial charge on any atom is 0.0878 e. The summed E-state index contributed by atoms with van der Waals surface area (Å²) >= 11 is 3.51. The maximum atomic E-state index is 6.01. The molecule has 0 saturated heterocycles. The van der Waals surface area contributed by atoms with Gasteiger partial charge < -0.3 is 5.73 Å². The SMILES string of the molecule is Cc1ccc(-n2nc(C)c(Br)c2C)c(N)c1. The Balaban J connectivity index is 2.63. The Morgan fingerprint density at radius 2 is 1.94 bits per heavy atom. The largest absolute Gasteiger partial charge is 0.397 e. The van der Waals surface area contributed by atoms with E-state index in [0.29, 0.717) is 0 Å². The zero-order valence-electron chi connectivity index (χ0n) is 9.58. The molecule has 16 heavy (non-hydrogen) atoms. The van der Waals surface area contributed by atoms with Crippen LogP contribution in [0.3, 0.4) is 0 Å². The van der Waals surface area contributed by atoms with Gasteiger partial charge in [0, 0.05) is 0 Å². The van der Waals surface area contributed by atoms with Crippen LogP contribution in [0.15, 0.2) is 22.7 Å². The molecule has 0 aliphatic rings. The highest BCUT2D eigenvalue weighted by Gasteiger charge is 2.11. The summed E-state index contributed by atoms with van der Waals surface area (Å²) < 4.78 is 2.90. The van der Waals surface area contributed by atoms with Crippen molar-refractivity contribution in [3.05, 3.63) is 39.6 Å². The average molecular weight is 280 g/mol. The lowest BCUT2D eigenvalue weighted by Gasteiger charge is -2.08. The van der Waals surface area contributed by atoms with Crippen LogP contribution in [0.1, 0.15) is 17.0 Å². The Hall–Kier alpha value is -1.29. The van der Waals surface area contributed by atoms with Gasteiger partial charge in [-0.3, -0.25) is 0 Å². The molecule has 0 atom stereocenters. The van der Waals surface area contributed by atoms with E-state index in [1.165, 1.54) is 0 Å². The second-order valence-electron chi connectivity index (χ2n) is 3.96. The molecule has 1 aromatic carbocycles. The van der Waals surface area contributed by atoms with Crippen LogP contribution < -0.4 is 5.73 Å². The summed E-state index contributed by atoms with van der Waals surface area (Å²) in [6.07, 6.45) is 0. The fourth-order valence-corrected chi connectivity index (χ4v) is 1.97. The lowest BCUT2D eigenvalue weighted by molar-refractivity contribution is 0.835. The fourth-order valence-electron chi connectivity index (χ4n) is 1.73. The van der Waals surface area contributed by atoms with Gasteiger partial charge in [0.15, 0.2) is 0 Å². The lowest BCUT2D eigenvalue weighted by Crippen LogP contribution is -2.03. The minimum absolute atomic E-state index is 0.748. The van der Waals surface area contributed by atoms with E-state index in [1.807, 2.05) is 43.7 Å². The molecule has 0 aliphatic heterocycles. The van der Waals surface area contributed by atoms with Gasteiger partial charge in [0.25, 0.3) is 0 Å². The number of nitrogens with zero attached hydrogens (tertiary/aromatic N) is 2. The molecule has 0 fully saturated rings. The smallest absolute Gasteiger partial charge is 0.0878 e. The zero-order chi connectivity index (χ0) is 11.9. The Morgan fingerprint density at radius 1 is 1.25 bits per heavy atom. The van der Waals surface area contributed by atoms with Crippen LogP contribution in [0.25, 0.3) is 5.69 Å². The van der Waals surface area contributed by atoms with Crippen LogP contribution in [0.4, 0.5) is 5.69 Å². The van der Waals surface area contributed by atoms with Crippen LogP contribution in [0.2, 0.25) is 0 Å². The molecule has 3 nitrogen and oxygen atoms in total. The van der Waals surface area contributed by atoms with Crippen molar-refractivity contribution >= 4 is 21.6 Å². The Morgan fingerprint density at radius 3 is 2.44 bits per heavy atom. The van der Waals surface area contributed by atoms with Crippen LogP contribution in [0.5, 0.6) is 0 Å². The number of nitrogen functional groups attached to an aromatic ring is 1. The first-order chi connectivity index (χ1) is 7.50. The molecule has 2 rings (SSSR count). The van der Waals surface area contributed by atoms with E-state index < -0.39 is 0 Å². The van der Waals surface area contributed by atoms with Gasteiger partial charge in [-0.05, 0) is 54.4 Å². The highest BCUT2D eigenvalue weighted by Crippen LogP contribution is 2.26. The van der Waals surface area contributed by atoms with Gasteiger partial charge in [0.05, 0.1) is 27.2 Å². The van der Waals surface area contributed by atoms with Gasteiger partial charge in [0.1, 0.15) is 0 Å². The summed E-state index contributed by atoms with van der Waals surface area (Å²) in [6, 6.07) is 5.99. The van der Waals surface area contributed by atoms with Crippen molar-refractivity contribution in [1.29, 1.82) is 0 Å². The fraction of sp³-hybridized carbons (Fsp3) is 0.250. The van der Waals surface area contributed by atoms with E-state index in [2.05, 4.69) is 21.0 Å². The molecule has 0 spiro atoms. The van der Waals surface area contributed by atoms with Gasteiger partial charge in [-0.1, -0.05) is 6.07 Å². The standard InChI is InChI=1S/C12H14BrN3/c1-7-4-5-11(10(14)6-7)16-9(3)12(13)8(2)15-16/h4-6H,14H2,1-3H3. The molecule has 0 aliphatic carbocycles. The number of benzene rings is 1. The van der Waals surface area contributed by atoms with Crippen molar-refractivity contribution in [2.75, 3.05) is 5.73 Å². The van der Waals surface area contributed by atoms with Crippen LogP contribution in [-0.4, -0.2) is 9.78 Å². The van der Waals surface area contributed by atoms with Gasteiger partial charge >= 0.3 is 0 Å². The maximum absolute atomic E-state index is 6.01. The molecule has 2 N–H and O–H groups in total. The predicted molar refractivity (Wildman–Crippen MR) is 69.9 cm³/mol. The van der Waals surface area contributed by atoms with Crippen molar-refractivity contribution in [1.82, 2.24) is 9.78 Å². The van der Waals surface area contributed by atoms with Crippen molar-refractivity contribution in [2.24, 2.45) is 0 Å².